The zero-order valence-electron chi connectivity index (χ0n) is 10.1. The number of amides is 1. The summed E-state index contributed by atoms with van der Waals surface area (Å²) in [6.07, 6.45) is 1.72. The highest BCUT2D eigenvalue weighted by molar-refractivity contribution is 5.76. The van der Waals surface area contributed by atoms with Crippen LogP contribution in [0.3, 0.4) is 0 Å². The van der Waals surface area contributed by atoms with Crippen LogP contribution in [-0.4, -0.2) is 35.1 Å². The molecule has 6 nitrogen and oxygen atoms in total. The number of hydrogen-bond acceptors (Lipinski definition) is 5. The van der Waals surface area contributed by atoms with Gasteiger partial charge in [0.05, 0.1) is 13.0 Å². The second-order valence-corrected chi connectivity index (χ2v) is 3.80. The first kappa shape index (κ1) is 13.4. The molecule has 0 aliphatic heterocycles. The van der Waals surface area contributed by atoms with Crippen LogP contribution in [0.5, 0.6) is 5.88 Å². The van der Waals surface area contributed by atoms with Gasteiger partial charge >= 0.3 is 0 Å². The van der Waals surface area contributed by atoms with Gasteiger partial charge in [0.1, 0.15) is 6.33 Å². The van der Waals surface area contributed by atoms with Gasteiger partial charge in [-0.15, -0.1) is 0 Å². The molecule has 1 aromatic rings. The van der Waals surface area contributed by atoms with Gasteiger partial charge in [-0.3, -0.25) is 4.79 Å². The number of aromatic nitrogens is 2. The van der Waals surface area contributed by atoms with Crippen LogP contribution in [0.15, 0.2) is 12.4 Å². The number of nitrogens with zero attached hydrogens (tertiary/aromatic N) is 2. The number of aryl methyl sites for hydroxylation is 1. The van der Waals surface area contributed by atoms with Gasteiger partial charge in [-0.1, -0.05) is 0 Å². The van der Waals surface area contributed by atoms with Crippen LogP contribution in [0.25, 0.3) is 0 Å². The highest BCUT2D eigenvalue weighted by Gasteiger charge is 2.06. The third-order valence-corrected chi connectivity index (χ3v) is 2.12. The molecule has 0 aliphatic rings. The summed E-state index contributed by atoms with van der Waals surface area (Å²) in [5.41, 5.74) is 6.22. The Balaban J connectivity index is 2.26. The predicted octanol–water partition coefficient (Wildman–Crippen LogP) is 0.0173. The van der Waals surface area contributed by atoms with Gasteiger partial charge in [-0.25, -0.2) is 9.97 Å². The lowest BCUT2D eigenvalue weighted by Crippen LogP contribution is -2.38. The first-order chi connectivity index (χ1) is 8.11. The minimum absolute atomic E-state index is 0.0104. The fraction of sp³-hybridized carbons (Fsp3) is 0.545. The van der Waals surface area contributed by atoms with Crippen LogP contribution in [0.1, 0.15) is 19.0 Å². The summed E-state index contributed by atoms with van der Waals surface area (Å²) in [6.45, 7) is 4.42. The number of rotatable bonds is 6. The van der Waals surface area contributed by atoms with Crippen molar-refractivity contribution in [3.63, 3.8) is 0 Å². The minimum Gasteiger partial charge on any atom is -0.477 e. The summed E-state index contributed by atoms with van der Waals surface area (Å²) in [4.78, 5) is 19.3. The van der Waals surface area contributed by atoms with E-state index in [1.165, 1.54) is 6.33 Å². The largest absolute Gasteiger partial charge is 0.477 e. The molecule has 0 bridgehead atoms. The SMILES string of the molecule is Cc1cc(OCCC(=O)NC(C)CN)ncn1. The minimum atomic E-state index is -0.0753. The Morgan fingerprint density at radius 1 is 1.59 bits per heavy atom. The van der Waals surface area contributed by atoms with Gasteiger partial charge in [-0.05, 0) is 13.8 Å². The molecule has 1 heterocycles. The van der Waals surface area contributed by atoms with Gasteiger partial charge < -0.3 is 15.8 Å². The lowest BCUT2D eigenvalue weighted by molar-refractivity contribution is -0.122. The van der Waals surface area contributed by atoms with E-state index in [1.807, 2.05) is 13.8 Å². The predicted molar refractivity (Wildman–Crippen MR) is 63.5 cm³/mol. The Labute approximate surface area is 101 Å². The molecule has 17 heavy (non-hydrogen) atoms. The monoisotopic (exact) mass is 238 g/mol. The Kier molecular flexibility index (Phi) is 5.35. The van der Waals surface area contributed by atoms with Crippen molar-refractivity contribution in [1.82, 2.24) is 15.3 Å². The fourth-order valence-corrected chi connectivity index (χ4v) is 1.16. The Morgan fingerprint density at radius 3 is 3.00 bits per heavy atom. The van der Waals surface area contributed by atoms with Gasteiger partial charge in [0, 0.05) is 24.3 Å². The number of nitrogens with one attached hydrogen (secondary N) is 1. The molecule has 0 aliphatic carbocycles. The molecule has 1 aromatic heterocycles. The molecule has 0 saturated carbocycles. The average molecular weight is 238 g/mol. The molecule has 1 unspecified atom stereocenters. The second-order valence-electron chi connectivity index (χ2n) is 3.80. The molecule has 0 spiro atoms. The van der Waals surface area contributed by atoms with E-state index in [2.05, 4.69) is 15.3 Å². The van der Waals surface area contributed by atoms with E-state index in [1.54, 1.807) is 6.07 Å². The molecule has 1 rings (SSSR count). The highest BCUT2D eigenvalue weighted by atomic mass is 16.5. The zero-order valence-corrected chi connectivity index (χ0v) is 10.1. The number of carbonyl (C=O) groups excluding carboxylic acids is 1. The maximum Gasteiger partial charge on any atom is 0.223 e. The molecular formula is C11H18N4O2. The normalized spacial score (nSPS) is 11.9. The fourth-order valence-electron chi connectivity index (χ4n) is 1.16. The first-order valence-corrected chi connectivity index (χ1v) is 5.52. The van der Waals surface area contributed by atoms with Crippen LogP contribution < -0.4 is 15.8 Å². The van der Waals surface area contributed by atoms with Crippen molar-refractivity contribution < 1.29 is 9.53 Å². The molecule has 0 saturated heterocycles. The summed E-state index contributed by atoms with van der Waals surface area (Å²) in [7, 11) is 0. The summed E-state index contributed by atoms with van der Waals surface area (Å²) in [5, 5.41) is 2.75. The van der Waals surface area contributed by atoms with Crippen molar-refractivity contribution in [2.45, 2.75) is 26.3 Å². The van der Waals surface area contributed by atoms with Crippen LogP contribution >= 0.6 is 0 Å². The van der Waals surface area contributed by atoms with Gasteiger partial charge in [0.15, 0.2) is 0 Å². The van der Waals surface area contributed by atoms with Crippen LogP contribution in [0.2, 0.25) is 0 Å². The quantitative estimate of drug-likeness (QED) is 0.729. The van der Waals surface area contributed by atoms with E-state index in [-0.39, 0.29) is 18.4 Å². The van der Waals surface area contributed by atoms with E-state index < -0.39 is 0 Å². The lowest BCUT2D eigenvalue weighted by atomic mass is 10.3. The number of hydrogen-bond donors (Lipinski definition) is 2. The zero-order chi connectivity index (χ0) is 12.7. The maximum absolute atomic E-state index is 11.4. The molecule has 94 valence electrons. The number of ether oxygens (including phenoxy) is 1. The van der Waals surface area contributed by atoms with E-state index >= 15 is 0 Å². The Hall–Kier alpha value is -1.69. The topological polar surface area (TPSA) is 90.1 Å². The maximum atomic E-state index is 11.4. The molecule has 0 fully saturated rings. The Morgan fingerprint density at radius 2 is 2.35 bits per heavy atom. The summed E-state index contributed by atoms with van der Waals surface area (Å²) >= 11 is 0. The molecule has 0 radical (unpaired) electrons. The molecule has 1 amide bonds. The second kappa shape index (κ2) is 6.80. The molecule has 1 atom stereocenters. The van der Waals surface area contributed by atoms with Crippen molar-refractivity contribution in [3.8, 4) is 5.88 Å². The smallest absolute Gasteiger partial charge is 0.223 e. The van der Waals surface area contributed by atoms with E-state index in [9.17, 15) is 4.79 Å². The van der Waals surface area contributed by atoms with Crippen molar-refractivity contribution in [2.75, 3.05) is 13.2 Å². The highest BCUT2D eigenvalue weighted by Crippen LogP contribution is 2.05. The van der Waals surface area contributed by atoms with Crippen LogP contribution in [0, 0.1) is 6.92 Å². The van der Waals surface area contributed by atoms with E-state index in [0.717, 1.165) is 5.69 Å². The van der Waals surface area contributed by atoms with Crippen molar-refractivity contribution in [2.24, 2.45) is 5.73 Å². The van der Waals surface area contributed by atoms with Gasteiger partial charge in [0.25, 0.3) is 0 Å². The molecule has 6 heteroatoms. The third kappa shape index (κ3) is 5.26. The molecular weight excluding hydrogens is 220 g/mol. The average Bonchev–Trinajstić information content (AvgIpc) is 2.29. The molecule has 3 N–H and O–H groups in total. The Bertz CT molecular complexity index is 370. The van der Waals surface area contributed by atoms with Gasteiger partial charge in [-0.2, -0.15) is 0 Å². The summed E-state index contributed by atoms with van der Waals surface area (Å²) in [6, 6.07) is 1.71. The standard InChI is InChI=1S/C11H18N4O2/c1-8-5-11(14-7-13-8)17-4-3-10(16)15-9(2)6-12/h5,7,9H,3-4,6,12H2,1-2H3,(H,15,16). The summed E-state index contributed by atoms with van der Waals surface area (Å²) < 4.78 is 5.33. The van der Waals surface area contributed by atoms with Crippen molar-refractivity contribution in [3.05, 3.63) is 18.1 Å². The van der Waals surface area contributed by atoms with Gasteiger partial charge in [0.2, 0.25) is 11.8 Å². The first-order valence-electron chi connectivity index (χ1n) is 5.52. The number of carbonyl (C=O) groups is 1. The van der Waals surface area contributed by atoms with Crippen LogP contribution in [-0.2, 0) is 4.79 Å². The van der Waals surface area contributed by atoms with Crippen LogP contribution in [0.4, 0.5) is 0 Å². The van der Waals surface area contributed by atoms with Crippen molar-refractivity contribution in [1.29, 1.82) is 0 Å². The summed E-state index contributed by atoms with van der Waals surface area (Å²) in [5.74, 6) is 0.408. The molecule has 0 aromatic carbocycles. The van der Waals surface area contributed by atoms with Crippen molar-refractivity contribution >= 4 is 5.91 Å². The number of nitrogens with two attached hydrogens (primary N) is 1. The van der Waals surface area contributed by atoms with E-state index in [4.69, 9.17) is 10.5 Å². The third-order valence-electron chi connectivity index (χ3n) is 2.12. The lowest BCUT2D eigenvalue weighted by Gasteiger charge is -2.11. The van der Waals surface area contributed by atoms with E-state index in [0.29, 0.717) is 19.0 Å².